The number of halogens is 3. The van der Waals surface area contributed by atoms with Crippen LogP contribution in [0, 0.1) is 5.82 Å². The number of anilines is 1. The van der Waals surface area contributed by atoms with E-state index in [-0.39, 0.29) is 10.8 Å². The van der Waals surface area contributed by atoms with Gasteiger partial charge in [0.25, 0.3) is 0 Å². The van der Waals surface area contributed by atoms with Crippen molar-refractivity contribution in [2.24, 2.45) is 5.84 Å². The second-order valence-corrected chi connectivity index (χ2v) is 8.39. The van der Waals surface area contributed by atoms with Crippen LogP contribution in [0.3, 0.4) is 0 Å². The number of aromatic nitrogens is 3. The van der Waals surface area contributed by atoms with Crippen LogP contribution in [0.15, 0.2) is 36.8 Å². The van der Waals surface area contributed by atoms with Gasteiger partial charge in [-0.2, -0.15) is 5.10 Å². The number of hydrogen-bond donors (Lipinski definition) is 2. The Kier molecular flexibility index (Phi) is 6.34. The average molecular weight is 465 g/mol. The smallest absolute Gasteiger partial charge is 0.166 e. The normalized spacial score (nSPS) is 16.4. The maximum Gasteiger partial charge on any atom is 0.166 e. The largest absolute Gasteiger partial charge is 0.482 e. The summed E-state index contributed by atoms with van der Waals surface area (Å²) >= 11 is 12.3. The standard InChI is InChI=1S/C21H23Cl2FN6O/c1-12(19-16(22)2-3-17(24)20(19)23)31-18-8-13(9-27-21(18)25)14-10-28-30(11-14)15-4-6-29(26)7-5-15/h2-3,8-12,15H,4-7,26H2,1H3,(H2,25,27)/t12-/m1/s1. The number of nitrogens with zero attached hydrogens (tertiary/aromatic N) is 4. The van der Waals surface area contributed by atoms with Crippen LogP contribution in [-0.2, 0) is 0 Å². The third-order valence-electron chi connectivity index (χ3n) is 5.48. The van der Waals surface area contributed by atoms with Crippen molar-refractivity contribution in [3.8, 4) is 16.9 Å². The van der Waals surface area contributed by atoms with Crippen molar-refractivity contribution in [2.75, 3.05) is 18.8 Å². The molecule has 164 valence electrons. The van der Waals surface area contributed by atoms with Crippen molar-refractivity contribution in [1.29, 1.82) is 0 Å². The minimum Gasteiger partial charge on any atom is -0.482 e. The fourth-order valence-electron chi connectivity index (χ4n) is 3.71. The van der Waals surface area contributed by atoms with Crippen LogP contribution in [0.25, 0.3) is 11.1 Å². The number of pyridine rings is 1. The van der Waals surface area contributed by atoms with Crippen LogP contribution in [0.5, 0.6) is 5.75 Å². The number of nitrogens with two attached hydrogens (primary N) is 2. The molecule has 7 nitrogen and oxygen atoms in total. The van der Waals surface area contributed by atoms with E-state index in [9.17, 15) is 4.39 Å². The molecular weight excluding hydrogens is 442 g/mol. The van der Waals surface area contributed by atoms with Crippen molar-refractivity contribution in [2.45, 2.75) is 31.9 Å². The van der Waals surface area contributed by atoms with Crippen molar-refractivity contribution in [1.82, 2.24) is 19.8 Å². The van der Waals surface area contributed by atoms with Gasteiger partial charge >= 0.3 is 0 Å². The monoisotopic (exact) mass is 464 g/mol. The lowest BCUT2D eigenvalue weighted by molar-refractivity contribution is 0.183. The highest BCUT2D eigenvalue weighted by Gasteiger charge is 2.21. The van der Waals surface area contributed by atoms with E-state index in [0.717, 1.165) is 37.1 Å². The Morgan fingerprint density at radius 2 is 1.94 bits per heavy atom. The van der Waals surface area contributed by atoms with E-state index in [0.29, 0.717) is 22.4 Å². The lowest BCUT2D eigenvalue weighted by Gasteiger charge is -2.28. The van der Waals surface area contributed by atoms with Crippen LogP contribution >= 0.6 is 23.2 Å². The number of nitrogen functional groups attached to an aromatic ring is 1. The molecule has 1 aliphatic rings. The molecule has 1 aromatic carbocycles. The molecule has 0 spiro atoms. The van der Waals surface area contributed by atoms with Crippen LogP contribution in [0.4, 0.5) is 10.2 Å². The Morgan fingerprint density at radius 1 is 1.19 bits per heavy atom. The van der Waals surface area contributed by atoms with Crippen molar-refractivity contribution < 1.29 is 9.13 Å². The zero-order valence-electron chi connectivity index (χ0n) is 16.9. The van der Waals surface area contributed by atoms with Crippen molar-refractivity contribution >= 4 is 29.0 Å². The number of rotatable bonds is 5. The molecule has 0 radical (unpaired) electrons. The quantitative estimate of drug-likeness (QED) is 0.422. The molecule has 3 aromatic rings. The Labute approximate surface area is 189 Å². The molecule has 1 atom stereocenters. The van der Waals surface area contributed by atoms with E-state index in [2.05, 4.69) is 10.1 Å². The summed E-state index contributed by atoms with van der Waals surface area (Å²) in [6, 6.07) is 4.75. The number of hydrogen-bond acceptors (Lipinski definition) is 6. The summed E-state index contributed by atoms with van der Waals surface area (Å²) in [6.45, 7) is 3.40. The second-order valence-electron chi connectivity index (χ2n) is 7.60. The minimum atomic E-state index is -0.640. The van der Waals surface area contributed by atoms with Crippen molar-refractivity contribution in [3.63, 3.8) is 0 Å². The molecule has 1 aliphatic heterocycles. The van der Waals surface area contributed by atoms with E-state index in [1.807, 2.05) is 15.9 Å². The van der Waals surface area contributed by atoms with Crippen LogP contribution < -0.4 is 16.3 Å². The molecule has 4 rings (SSSR count). The lowest BCUT2D eigenvalue weighted by Crippen LogP contribution is -2.39. The van der Waals surface area contributed by atoms with Gasteiger partial charge in [-0.05, 0) is 38.0 Å². The fourth-order valence-corrected chi connectivity index (χ4v) is 4.39. The van der Waals surface area contributed by atoms with Crippen LogP contribution in [-0.4, -0.2) is 32.9 Å². The van der Waals surface area contributed by atoms with E-state index in [1.54, 1.807) is 25.4 Å². The predicted octanol–water partition coefficient (Wildman–Crippen LogP) is 4.62. The third-order valence-corrected chi connectivity index (χ3v) is 6.19. The lowest BCUT2D eigenvalue weighted by atomic mass is 10.1. The molecule has 0 unspecified atom stereocenters. The molecule has 0 aliphatic carbocycles. The molecule has 2 aromatic heterocycles. The zero-order valence-corrected chi connectivity index (χ0v) is 18.4. The summed E-state index contributed by atoms with van der Waals surface area (Å²) in [5.74, 6) is 5.84. The molecule has 3 heterocycles. The molecular formula is C21H23Cl2FN6O. The molecule has 10 heteroatoms. The van der Waals surface area contributed by atoms with Crippen LogP contribution in [0.1, 0.15) is 37.5 Å². The summed E-state index contributed by atoms with van der Waals surface area (Å²) < 4.78 is 21.8. The number of piperidine rings is 1. The second kappa shape index (κ2) is 9.00. The van der Waals surface area contributed by atoms with Gasteiger partial charge in [0.1, 0.15) is 11.9 Å². The summed E-state index contributed by atoms with van der Waals surface area (Å²) in [5.41, 5.74) is 8.07. The summed E-state index contributed by atoms with van der Waals surface area (Å²) in [7, 11) is 0. The molecule has 1 fully saturated rings. The van der Waals surface area contributed by atoms with E-state index in [1.165, 1.54) is 12.1 Å². The first-order valence-electron chi connectivity index (χ1n) is 9.93. The minimum absolute atomic E-state index is 0.0764. The Morgan fingerprint density at radius 3 is 2.68 bits per heavy atom. The fraction of sp³-hybridized carbons (Fsp3) is 0.333. The van der Waals surface area contributed by atoms with Crippen molar-refractivity contribution in [3.05, 3.63) is 58.2 Å². The predicted molar refractivity (Wildman–Crippen MR) is 119 cm³/mol. The number of hydrazine groups is 1. The van der Waals surface area contributed by atoms with Gasteiger partial charge in [0.05, 0.1) is 17.3 Å². The maximum absolute atomic E-state index is 13.9. The Hall–Kier alpha value is -2.39. The molecule has 0 amide bonds. The molecule has 1 saturated heterocycles. The van der Waals surface area contributed by atoms with E-state index >= 15 is 0 Å². The van der Waals surface area contributed by atoms with Gasteiger partial charge < -0.3 is 10.5 Å². The molecule has 0 bridgehead atoms. The van der Waals surface area contributed by atoms with E-state index < -0.39 is 11.9 Å². The van der Waals surface area contributed by atoms with Gasteiger partial charge in [-0.1, -0.05) is 23.2 Å². The highest BCUT2D eigenvalue weighted by Crippen LogP contribution is 2.37. The van der Waals surface area contributed by atoms with Gasteiger partial charge in [0.15, 0.2) is 11.6 Å². The molecule has 4 N–H and O–H groups in total. The molecule has 0 saturated carbocycles. The first-order valence-corrected chi connectivity index (χ1v) is 10.7. The number of ether oxygens (including phenoxy) is 1. The van der Waals surface area contributed by atoms with Gasteiger partial charge in [-0.15, -0.1) is 0 Å². The first kappa shape index (κ1) is 21.8. The average Bonchev–Trinajstić information content (AvgIpc) is 3.23. The SMILES string of the molecule is C[C@@H](Oc1cc(-c2cnn(C3CCN(N)CC3)c2)cnc1N)c1c(Cl)ccc(F)c1Cl. The van der Waals surface area contributed by atoms with Gasteiger partial charge in [-0.3, -0.25) is 10.5 Å². The Balaban J connectivity index is 1.56. The van der Waals surface area contributed by atoms with Gasteiger partial charge in [0, 0.05) is 47.2 Å². The third kappa shape index (κ3) is 4.62. The van der Waals surface area contributed by atoms with E-state index in [4.69, 9.17) is 39.5 Å². The molecule has 31 heavy (non-hydrogen) atoms. The topological polar surface area (TPSA) is 95.2 Å². The highest BCUT2D eigenvalue weighted by molar-refractivity contribution is 6.36. The van der Waals surface area contributed by atoms with Gasteiger partial charge in [0.2, 0.25) is 0 Å². The summed E-state index contributed by atoms with van der Waals surface area (Å²) in [6.07, 6.45) is 6.68. The zero-order chi connectivity index (χ0) is 22.1. The maximum atomic E-state index is 13.9. The Bertz CT molecular complexity index is 1080. The summed E-state index contributed by atoms with van der Waals surface area (Å²) in [5, 5.41) is 6.58. The highest BCUT2D eigenvalue weighted by atomic mass is 35.5. The summed E-state index contributed by atoms with van der Waals surface area (Å²) in [4.78, 5) is 4.25. The number of benzene rings is 1. The first-order chi connectivity index (χ1) is 14.8. The van der Waals surface area contributed by atoms with Gasteiger partial charge in [-0.25, -0.2) is 14.4 Å². The van der Waals surface area contributed by atoms with Crippen LogP contribution in [0.2, 0.25) is 10.0 Å².